The van der Waals surface area contributed by atoms with Gasteiger partial charge in [-0.05, 0) is 41.6 Å². The summed E-state index contributed by atoms with van der Waals surface area (Å²) >= 11 is 0. The van der Waals surface area contributed by atoms with Gasteiger partial charge in [0.2, 0.25) is 5.91 Å². The summed E-state index contributed by atoms with van der Waals surface area (Å²) in [5.41, 5.74) is -2.01. The summed E-state index contributed by atoms with van der Waals surface area (Å²) < 4.78 is 84.2. The van der Waals surface area contributed by atoms with Gasteiger partial charge in [0.05, 0.1) is 11.1 Å². The number of nitroso groups, excluding NO2 is 1. The predicted octanol–water partition coefficient (Wildman–Crippen LogP) is 5.70. The van der Waals surface area contributed by atoms with E-state index in [-0.39, 0.29) is 17.8 Å². The molecule has 212 valence electrons. The van der Waals surface area contributed by atoms with Crippen molar-refractivity contribution in [3.8, 4) is 5.75 Å². The Kier molecular flexibility index (Phi) is 8.67. The lowest BCUT2D eigenvalue weighted by molar-refractivity contribution is -0.138. The van der Waals surface area contributed by atoms with Crippen LogP contribution in [-0.2, 0) is 17.1 Å². The minimum atomic E-state index is -4.73. The van der Waals surface area contributed by atoms with Crippen LogP contribution < -0.4 is 9.64 Å². The average Bonchev–Trinajstić information content (AvgIpc) is 2.91. The first-order valence-electron chi connectivity index (χ1n) is 12.6. The molecule has 0 saturated carbocycles. The Hall–Kier alpha value is -3.35. The maximum atomic E-state index is 13.1. The Morgan fingerprint density at radius 3 is 2.21 bits per heavy atom. The zero-order chi connectivity index (χ0) is 28.2. The van der Waals surface area contributed by atoms with Crippen LogP contribution in [0.25, 0.3) is 0 Å². The van der Waals surface area contributed by atoms with Gasteiger partial charge in [-0.15, -0.1) is 4.91 Å². The number of carbonyl (C=O) groups excluding carboxylic acids is 1. The van der Waals surface area contributed by atoms with Gasteiger partial charge >= 0.3 is 12.4 Å². The van der Waals surface area contributed by atoms with Gasteiger partial charge in [-0.3, -0.25) is 9.69 Å². The molecule has 0 atom stereocenters. The van der Waals surface area contributed by atoms with Crippen LogP contribution >= 0.6 is 0 Å². The third kappa shape index (κ3) is 7.40. The fraction of sp³-hybridized carbons (Fsp3) is 0.500. The first-order valence-corrected chi connectivity index (χ1v) is 12.6. The van der Waals surface area contributed by atoms with Crippen molar-refractivity contribution in [3.05, 3.63) is 58.5 Å². The third-order valence-corrected chi connectivity index (χ3v) is 7.02. The van der Waals surface area contributed by atoms with E-state index in [9.17, 15) is 36.0 Å². The molecule has 0 radical (unpaired) electrons. The highest BCUT2D eigenvalue weighted by atomic mass is 19.4. The molecule has 2 heterocycles. The number of halogens is 6. The van der Waals surface area contributed by atoms with Gasteiger partial charge in [-0.1, -0.05) is 6.07 Å². The smallest absolute Gasteiger partial charge is 0.418 e. The van der Waals surface area contributed by atoms with Crippen molar-refractivity contribution >= 4 is 17.3 Å². The number of piperidine rings is 1. The first-order chi connectivity index (χ1) is 18.4. The zero-order valence-electron chi connectivity index (χ0n) is 21.0. The maximum Gasteiger partial charge on any atom is 0.418 e. The summed E-state index contributed by atoms with van der Waals surface area (Å²) in [4.78, 5) is 29.1. The number of likely N-dealkylation sites (tertiary alicyclic amines) is 1. The van der Waals surface area contributed by atoms with Gasteiger partial charge in [-0.2, -0.15) is 26.3 Å². The standard InChI is InChI=1S/C26H28F6N4O3/c27-25(28,29)18-2-1-3-19(16-18)35-14-12-34(13-15-35)9-8-24(37)36-10-6-20(7-11-36)39-21-4-5-23(33-38)22(17-21)26(30,31)32/h1-5,16-17,20H,6-15H2. The molecule has 2 saturated heterocycles. The molecule has 2 fully saturated rings. The lowest BCUT2D eigenvalue weighted by Gasteiger charge is -2.37. The zero-order valence-corrected chi connectivity index (χ0v) is 21.0. The van der Waals surface area contributed by atoms with Crippen molar-refractivity contribution in [1.82, 2.24) is 9.80 Å². The number of alkyl halides is 6. The van der Waals surface area contributed by atoms with E-state index in [0.29, 0.717) is 70.8 Å². The fourth-order valence-electron chi connectivity index (χ4n) is 4.83. The second-order valence-corrected chi connectivity index (χ2v) is 9.59. The van der Waals surface area contributed by atoms with E-state index in [1.54, 1.807) is 11.0 Å². The number of piperazine rings is 1. The van der Waals surface area contributed by atoms with Gasteiger partial charge in [0.25, 0.3) is 0 Å². The molecule has 13 heteroatoms. The van der Waals surface area contributed by atoms with Crippen molar-refractivity contribution in [1.29, 1.82) is 0 Å². The number of amides is 1. The van der Waals surface area contributed by atoms with Crippen LogP contribution in [0.2, 0.25) is 0 Å². The molecule has 0 aromatic heterocycles. The van der Waals surface area contributed by atoms with Crippen molar-refractivity contribution in [2.45, 2.75) is 37.7 Å². The van der Waals surface area contributed by atoms with Crippen molar-refractivity contribution in [2.75, 3.05) is 50.7 Å². The highest BCUT2D eigenvalue weighted by molar-refractivity contribution is 5.76. The van der Waals surface area contributed by atoms with E-state index < -0.39 is 29.2 Å². The largest absolute Gasteiger partial charge is 0.490 e. The van der Waals surface area contributed by atoms with Crippen molar-refractivity contribution in [2.24, 2.45) is 5.18 Å². The van der Waals surface area contributed by atoms with Crippen LogP contribution in [0.1, 0.15) is 30.4 Å². The van der Waals surface area contributed by atoms with Crippen molar-refractivity contribution in [3.63, 3.8) is 0 Å². The Morgan fingerprint density at radius 2 is 1.59 bits per heavy atom. The number of carbonyl (C=O) groups is 1. The highest BCUT2D eigenvalue weighted by Gasteiger charge is 2.35. The molecule has 7 nitrogen and oxygen atoms in total. The summed E-state index contributed by atoms with van der Waals surface area (Å²) in [7, 11) is 0. The maximum absolute atomic E-state index is 13.1. The second-order valence-electron chi connectivity index (χ2n) is 9.59. The van der Waals surface area contributed by atoms with E-state index >= 15 is 0 Å². The van der Waals surface area contributed by atoms with E-state index in [1.807, 2.05) is 4.90 Å². The summed E-state index contributed by atoms with van der Waals surface area (Å²) in [6.07, 6.45) is -8.29. The van der Waals surface area contributed by atoms with Crippen LogP contribution in [0.5, 0.6) is 5.75 Å². The van der Waals surface area contributed by atoms with Crippen LogP contribution in [0.3, 0.4) is 0 Å². The first kappa shape index (κ1) is 28.7. The SMILES string of the molecule is O=Nc1ccc(OC2CCN(C(=O)CCN3CCN(c4cccc(C(F)(F)F)c4)CC3)CC2)cc1C(F)(F)F. The van der Waals surface area contributed by atoms with E-state index in [0.717, 1.165) is 24.3 Å². The molecular weight excluding hydrogens is 530 g/mol. The molecule has 0 spiro atoms. The number of nitrogens with zero attached hydrogens (tertiary/aromatic N) is 4. The minimum absolute atomic E-state index is 0.0104. The topological polar surface area (TPSA) is 65.5 Å². The fourth-order valence-corrected chi connectivity index (χ4v) is 4.83. The molecule has 2 aliphatic rings. The minimum Gasteiger partial charge on any atom is -0.490 e. The third-order valence-electron chi connectivity index (χ3n) is 7.02. The molecule has 0 unspecified atom stereocenters. The molecule has 0 aliphatic carbocycles. The highest BCUT2D eigenvalue weighted by Crippen LogP contribution is 2.39. The van der Waals surface area contributed by atoms with E-state index in [1.165, 1.54) is 12.1 Å². The van der Waals surface area contributed by atoms with E-state index in [2.05, 4.69) is 10.1 Å². The summed E-state index contributed by atoms with van der Waals surface area (Å²) in [5, 5.41) is 2.42. The van der Waals surface area contributed by atoms with Crippen LogP contribution in [-0.4, -0.2) is 67.6 Å². The summed E-state index contributed by atoms with van der Waals surface area (Å²) in [6, 6.07) is 8.28. The Morgan fingerprint density at radius 1 is 0.897 bits per heavy atom. The second kappa shape index (κ2) is 11.8. The van der Waals surface area contributed by atoms with Gasteiger partial charge in [0.1, 0.15) is 17.5 Å². The van der Waals surface area contributed by atoms with Crippen LogP contribution in [0, 0.1) is 4.91 Å². The van der Waals surface area contributed by atoms with E-state index in [4.69, 9.17) is 4.74 Å². The predicted molar refractivity (Wildman–Crippen MR) is 132 cm³/mol. The lowest BCUT2D eigenvalue weighted by Crippen LogP contribution is -2.48. The van der Waals surface area contributed by atoms with Gasteiger partial charge in [0.15, 0.2) is 0 Å². The van der Waals surface area contributed by atoms with Gasteiger partial charge < -0.3 is 14.5 Å². The van der Waals surface area contributed by atoms with Crippen LogP contribution in [0.4, 0.5) is 37.7 Å². The molecule has 2 aliphatic heterocycles. The summed E-state index contributed by atoms with van der Waals surface area (Å²) in [5.74, 6) is -0.0432. The molecule has 0 N–H and O–H groups in total. The Labute approximate surface area is 221 Å². The quantitative estimate of drug-likeness (QED) is 0.322. The Bertz CT molecular complexity index is 1160. The average molecular weight is 559 g/mol. The number of rotatable bonds is 7. The Balaban J connectivity index is 1.20. The molecule has 2 aromatic rings. The number of benzene rings is 2. The molecule has 4 rings (SSSR count). The lowest BCUT2D eigenvalue weighted by atomic mass is 10.1. The van der Waals surface area contributed by atoms with Crippen molar-refractivity contribution < 1.29 is 35.9 Å². The molecule has 2 aromatic carbocycles. The normalized spacial score (nSPS) is 17.8. The molecule has 0 bridgehead atoms. The molecule has 1 amide bonds. The molecule has 39 heavy (non-hydrogen) atoms. The van der Waals surface area contributed by atoms with Gasteiger partial charge in [0, 0.05) is 70.8 Å². The summed E-state index contributed by atoms with van der Waals surface area (Å²) in [6.45, 7) is 3.70. The number of ether oxygens (including phenoxy) is 1. The monoisotopic (exact) mass is 558 g/mol. The molecular formula is C26H28F6N4O3. The number of hydrogen-bond acceptors (Lipinski definition) is 6. The number of anilines is 1. The van der Waals surface area contributed by atoms with Gasteiger partial charge in [-0.25, -0.2) is 0 Å². The number of hydrogen-bond donors (Lipinski definition) is 0. The van der Waals surface area contributed by atoms with Crippen LogP contribution in [0.15, 0.2) is 47.6 Å².